The van der Waals surface area contributed by atoms with Gasteiger partial charge in [0.25, 0.3) is 0 Å². The van der Waals surface area contributed by atoms with Crippen LogP contribution in [0.15, 0.2) is 12.1 Å². The lowest BCUT2D eigenvalue weighted by molar-refractivity contribution is 0.617. The Morgan fingerprint density at radius 2 is 1.94 bits per heavy atom. The number of nitrogens with zero attached hydrogens (tertiary/aromatic N) is 2. The van der Waals surface area contributed by atoms with Crippen molar-refractivity contribution < 1.29 is 0 Å². The maximum atomic E-state index is 8.81. The lowest BCUT2D eigenvalue weighted by Gasteiger charge is -2.06. The molecule has 0 amide bonds. The van der Waals surface area contributed by atoms with Crippen LogP contribution < -0.4 is 11.1 Å². The van der Waals surface area contributed by atoms with Crippen LogP contribution in [0.5, 0.6) is 0 Å². The SMILES string of the molecule is CCCCCCCCNc1ccc(N)c(C#N)n1. The first-order valence-electron chi connectivity index (χ1n) is 6.68. The van der Waals surface area contributed by atoms with E-state index in [1.54, 1.807) is 6.07 Å². The molecule has 0 unspecified atom stereocenters. The first-order valence-corrected chi connectivity index (χ1v) is 6.68. The second-order valence-corrected chi connectivity index (χ2v) is 4.44. The van der Waals surface area contributed by atoms with Gasteiger partial charge in [-0.15, -0.1) is 0 Å². The second kappa shape index (κ2) is 8.35. The smallest absolute Gasteiger partial charge is 0.165 e. The largest absolute Gasteiger partial charge is 0.396 e. The van der Waals surface area contributed by atoms with Crippen molar-refractivity contribution in [1.82, 2.24) is 4.98 Å². The molecule has 1 aromatic heterocycles. The van der Waals surface area contributed by atoms with E-state index in [1.165, 1.54) is 32.1 Å². The van der Waals surface area contributed by atoms with Crippen LogP contribution >= 0.6 is 0 Å². The Hall–Kier alpha value is -1.76. The zero-order chi connectivity index (χ0) is 13.2. The van der Waals surface area contributed by atoms with Gasteiger partial charge >= 0.3 is 0 Å². The molecule has 0 bridgehead atoms. The highest BCUT2D eigenvalue weighted by molar-refractivity contribution is 5.54. The number of nitrogen functional groups attached to an aromatic ring is 1. The molecule has 0 saturated carbocycles. The van der Waals surface area contributed by atoms with Gasteiger partial charge in [0.1, 0.15) is 11.9 Å². The summed E-state index contributed by atoms with van der Waals surface area (Å²) in [7, 11) is 0. The molecule has 3 N–H and O–H groups in total. The molecule has 0 aliphatic rings. The maximum Gasteiger partial charge on any atom is 0.165 e. The highest BCUT2D eigenvalue weighted by Gasteiger charge is 2.01. The molecule has 4 heteroatoms. The van der Waals surface area contributed by atoms with Crippen molar-refractivity contribution in [2.45, 2.75) is 45.4 Å². The van der Waals surface area contributed by atoms with E-state index >= 15 is 0 Å². The van der Waals surface area contributed by atoms with Crippen molar-refractivity contribution in [3.8, 4) is 6.07 Å². The van der Waals surface area contributed by atoms with Crippen molar-refractivity contribution in [2.24, 2.45) is 0 Å². The molecule has 0 aliphatic carbocycles. The topological polar surface area (TPSA) is 74.7 Å². The minimum Gasteiger partial charge on any atom is -0.396 e. The van der Waals surface area contributed by atoms with Gasteiger partial charge < -0.3 is 11.1 Å². The van der Waals surface area contributed by atoms with Crippen molar-refractivity contribution >= 4 is 11.5 Å². The first-order chi connectivity index (χ1) is 8.77. The molecular weight excluding hydrogens is 224 g/mol. The molecular formula is C14H22N4. The highest BCUT2D eigenvalue weighted by atomic mass is 15.0. The molecule has 0 saturated heterocycles. The van der Waals surface area contributed by atoms with Crippen molar-refractivity contribution in [2.75, 3.05) is 17.6 Å². The molecule has 0 atom stereocenters. The Morgan fingerprint density at radius 1 is 1.22 bits per heavy atom. The van der Waals surface area contributed by atoms with Gasteiger partial charge in [-0.2, -0.15) is 5.26 Å². The molecule has 18 heavy (non-hydrogen) atoms. The number of hydrogen-bond donors (Lipinski definition) is 2. The Kier molecular flexibility index (Phi) is 6.63. The minimum atomic E-state index is 0.294. The van der Waals surface area contributed by atoms with E-state index in [0.29, 0.717) is 11.4 Å². The van der Waals surface area contributed by atoms with Gasteiger partial charge in [-0.25, -0.2) is 4.98 Å². The summed E-state index contributed by atoms with van der Waals surface area (Å²) in [6.45, 7) is 3.12. The summed E-state index contributed by atoms with van der Waals surface area (Å²) in [5, 5.41) is 12.0. The van der Waals surface area contributed by atoms with Gasteiger partial charge in [-0.1, -0.05) is 39.0 Å². The Morgan fingerprint density at radius 3 is 2.67 bits per heavy atom. The lowest BCUT2D eigenvalue weighted by atomic mass is 10.1. The van der Waals surface area contributed by atoms with Crippen LogP contribution in [-0.2, 0) is 0 Å². The van der Waals surface area contributed by atoms with Crippen molar-refractivity contribution in [3.05, 3.63) is 17.8 Å². The third kappa shape index (κ3) is 5.05. The number of aromatic nitrogens is 1. The number of nitrogens with two attached hydrogens (primary N) is 1. The van der Waals surface area contributed by atoms with Crippen LogP contribution in [0, 0.1) is 11.3 Å². The molecule has 0 spiro atoms. The minimum absolute atomic E-state index is 0.294. The third-order valence-corrected chi connectivity index (χ3v) is 2.87. The molecule has 1 aromatic rings. The number of pyridine rings is 1. The van der Waals surface area contributed by atoms with E-state index in [-0.39, 0.29) is 0 Å². The zero-order valence-corrected chi connectivity index (χ0v) is 11.1. The average Bonchev–Trinajstić information content (AvgIpc) is 2.39. The summed E-state index contributed by atoms with van der Waals surface area (Å²) in [4.78, 5) is 4.14. The normalized spacial score (nSPS) is 10.0. The third-order valence-electron chi connectivity index (χ3n) is 2.87. The van der Waals surface area contributed by atoms with Crippen molar-refractivity contribution in [3.63, 3.8) is 0 Å². The van der Waals surface area contributed by atoms with E-state index in [2.05, 4.69) is 17.2 Å². The standard InChI is InChI=1S/C14H22N4/c1-2-3-4-5-6-7-10-17-14-9-8-12(16)13(11-15)18-14/h8-9H,2-7,10,16H2,1H3,(H,17,18). The van der Waals surface area contributed by atoms with Gasteiger partial charge in [0.2, 0.25) is 0 Å². The fourth-order valence-corrected chi connectivity index (χ4v) is 1.78. The van der Waals surface area contributed by atoms with Crippen LogP contribution in [0.1, 0.15) is 51.1 Å². The van der Waals surface area contributed by atoms with E-state index in [1.807, 2.05) is 12.1 Å². The summed E-state index contributed by atoms with van der Waals surface area (Å²) in [6, 6.07) is 5.51. The van der Waals surface area contributed by atoms with E-state index < -0.39 is 0 Å². The Labute approximate surface area is 109 Å². The molecule has 4 nitrogen and oxygen atoms in total. The van der Waals surface area contributed by atoms with Crippen LogP contribution in [-0.4, -0.2) is 11.5 Å². The summed E-state index contributed by atoms with van der Waals surface area (Å²) in [6.07, 6.45) is 7.62. The van der Waals surface area contributed by atoms with Crippen LogP contribution in [0.3, 0.4) is 0 Å². The molecule has 0 aliphatic heterocycles. The summed E-state index contributed by atoms with van der Waals surface area (Å²) >= 11 is 0. The Bertz CT molecular complexity index is 395. The molecule has 0 radical (unpaired) electrons. The van der Waals surface area contributed by atoms with Crippen LogP contribution in [0.2, 0.25) is 0 Å². The fraction of sp³-hybridized carbons (Fsp3) is 0.571. The summed E-state index contributed by atoms with van der Waals surface area (Å²) in [5.41, 5.74) is 6.34. The zero-order valence-electron chi connectivity index (χ0n) is 11.1. The number of nitriles is 1. The van der Waals surface area contributed by atoms with Gasteiger partial charge in [-0.05, 0) is 18.6 Å². The van der Waals surface area contributed by atoms with Gasteiger partial charge in [0, 0.05) is 6.54 Å². The number of unbranched alkanes of at least 4 members (excludes halogenated alkanes) is 5. The van der Waals surface area contributed by atoms with E-state index in [9.17, 15) is 0 Å². The maximum absolute atomic E-state index is 8.81. The first kappa shape index (κ1) is 14.3. The van der Waals surface area contributed by atoms with E-state index in [4.69, 9.17) is 11.0 Å². The predicted octanol–water partition coefficient (Wildman–Crippen LogP) is 3.31. The highest BCUT2D eigenvalue weighted by Crippen LogP contribution is 2.12. The molecule has 0 aromatic carbocycles. The van der Waals surface area contributed by atoms with Gasteiger partial charge in [0.05, 0.1) is 5.69 Å². The van der Waals surface area contributed by atoms with Crippen LogP contribution in [0.25, 0.3) is 0 Å². The average molecular weight is 246 g/mol. The number of hydrogen-bond acceptors (Lipinski definition) is 4. The summed E-state index contributed by atoms with van der Waals surface area (Å²) < 4.78 is 0. The number of nitrogens with one attached hydrogen (secondary N) is 1. The molecule has 0 fully saturated rings. The number of rotatable bonds is 8. The van der Waals surface area contributed by atoms with Gasteiger partial charge in [-0.3, -0.25) is 0 Å². The van der Waals surface area contributed by atoms with Crippen LogP contribution in [0.4, 0.5) is 11.5 Å². The molecule has 1 heterocycles. The van der Waals surface area contributed by atoms with Crippen molar-refractivity contribution in [1.29, 1.82) is 5.26 Å². The molecule has 1 rings (SSSR count). The quantitative estimate of drug-likeness (QED) is 0.690. The lowest BCUT2D eigenvalue weighted by Crippen LogP contribution is -2.05. The number of anilines is 2. The fourth-order valence-electron chi connectivity index (χ4n) is 1.78. The predicted molar refractivity (Wildman–Crippen MR) is 75.2 cm³/mol. The Balaban J connectivity index is 2.22. The van der Waals surface area contributed by atoms with Gasteiger partial charge in [0.15, 0.2) is 5.69 Å². The second-order valence-electron chi connectivity index (χ2n) is 4.44. The van der Waals surface area contributed by atoms with E-state index in [0.717, 1.165) is 18.8 Å². The summed E-state index contributed by atoms with van der Waals surface area (Å²) in [5.74, 6) is 0.731. The molecule has 98 valence electrons. The monoisotopic (exact) mass is 246 g/mol.